The number of halogens is 1. The molecule has 1 aromatic heterocycles. The first-order chi connectivity index (χ1) is 13.8. The number of carbonyl (C=O) groups excluding carboxylic acids is 1. The maximum Gasteiger partial charge on any atom is 0.172 e. The summed E-state index contributed by atoms with van der Waals surface area (Å²) < 4.78 is 10.6. The van der Waals surface area contributed by atoms with Gasteiger partial charge in [-0.2, -0.15) is 0 Å². The molecule has 7 heteroatoms. The highest BCUT2D eigenvalue weighted by Gasteiger charge is 2.19. The lowest BCUT2D eigenvalue weighted by Crippen LogP contribution is -2.40. The molecular weight excluding hydrogens is 410 g/mol. The molecule has 1 unspecified atom stereocenters. The number of aliphatic hydroxyl groups excluding tert-OH is 1. The molecular formula is C22H30ClNO4S. The van der Waals surface area contributed by atoms with Gasteiger partial charge in [0.25, 0.3) is 0 Å². The van der Waals surface area contributed by atoms with E-state index in [0.717, 1.165) is 35.5 Å². The Hall–Kier alpha value is -1.60. The molecule has 3 N–H and O–H groups in total. The molecule has 0 amide bonds. The van der Waals surface area contributed by atoms with Crippen molar-refractivity contribution >= 4 is 28.7 Å². The van der Waals surface area contributed by atoms with E-state index >= 15 is 0 Å². The predicted molar refractivity (Wildman–Crippen MR) is 119 cm³/mol. The lowest BCUT2D eigenvalue weighted by atomic mass is 9.98. The molecule has 29 heavy (non-hydrogen) atoms. The molecule has 0 bridgehead atoms. The van der Waals surface area contributed by atoms with Gasteiger partial charge in [0.15, 0.2) is 17.3 Å². The van der Waals surface area contributed by atoms with Gasteiger partial charge in [0.1, 0.15) is 0 Å². The number of benzene rings is 1. The zero-order valence-electron chi connectivity index (χ0n) is 17.3. The van der Waals surface area contributed by atoms with Crippen molar-refractivity contribution in [3.63, 3.8) is 0 Å². The molecule has 2 aromatic rings. The second-order valence-corrected chi connectivity index (χ2v) is 9.06. The molecule has 160 valence electrons. The molecule has 0 aliphatic carbocycles. The van der Waals surface area contributed by atoms with Crippen molar-refractivity contribution in [1.29, 1.82) is 0 Å². The fourth-order valence-corrected chi connectivity index (χ4v) is 4.37. The molecule has 1 heterocycles. The Morgan fingerprint density at radius 2 is 1.90 bits per heavy atom. The minimum atomic E-state index is -0.637. The van der Waals surface area contributed by atoms with Crippen LogP contribution in [0.25, 0.3) is 0 Å². The SMILES string of the molecule is COc1ccc(CCCCC(=O)c2cc(Cl)c(CCC(C)(N)CO)s2)cc1OC. The number of nitrogens with two attached hydrogens (primary N) is 1. The maximum atomic E-state index is 12.5. The third kappa shape index (κ3) is 7.00. The summed E-state index contributed by atoms with van der Waals surface area (Å²) >= 11 is 7.72. The van der Waals surface area contributed by atoms with Crippen LogP contribution in [0, 0.1) is 0 Å². The van der Waals surface area contributed by atoms with E-state index in [9.17, 15) is 9.90 Å². The van der Waals surface area contributed by atoms with Crippen molar-refractivity contribution in [1.82, 2.24) is 0 Å². The molecule has 1 atom stereocenters. The Balaban J connectivity index is 1.83. The number of aryl methyl sites for hydroxylation is 2. The summed E-state index contributed by atoms with van der Waals surface area (Å²) in [6, 6.07) is 7.65. The summed E-state index contributed by atoms with van der Waals surface area (Å²) in [5, 5.41) is 9.88. The second-order valence-electron chi connectivity index (χ2n) is 7.51. The molecule has 2 rings (SSSR count). The summed E-state index contributed by atoms with van der Waals surface area (Å²) in [7, 11) is 3.24. The first kappa shape index (κ1) is 23.7. The van der Waals surface area contributed by atoms with E-state index in [4.69, 9.17) is 26.8 Å². The fourth-order valence-electron chi connectivity index (χ4n) is 2.97. The predicted octanol–water partition coefficient (Wildman–Crippen LogP) is 4.66. The van der Waals surface area contributed by atoms with Crippen LogP contribution in [-0.2, 0) is 12.8 Å². The summed E-state index contributed by atoms with van der Waals surface area (Å²) in [4.78, 5) is 14.2. The van der Waals surface area contributed by atoms with Crippen molar-refractivity contribution in [2.24, 2.45) is 5.73 Å². The Morgan fingerprint density at radius 1 is 1.17 bits per heavy atom. The number of Topliss-reactive ketones (excluding diaryl/α,β-unsaturated/α-hetero) is 1. The van der Waals surface area contributed by atoms with Gasteiger partial charge >= 0.3 is 0 Å². The first-order valence-corrected chi connectivity index (χ1v) is 10.9. The van der Waals surface area contributed by atoms with Crippen molar-refractivity contribution < 1.29 is 19.4 Å². The van der Waals surface area contributed by atoms with Crippen LogP contribution in [0.4, 0.5) is 0 Å². The van der Waals surface area contributed by atoms with Crippen LogP contribution in [-0.4, -0.2) is 37.3 Å². The van der Waals surface area contributed by atoms with Crippen LogP contribution >= 0.6 is 22.9 Å². The van der Waals surface area contributed by atoms with E-state index in [0.29, 0.717) is 34.9 Å². The maximum absolute atomic E-state index is 12.5. The monoisotopic (exact) mass is 439 g/mol. The number of hydrogen-bond donors (Lipinski definition) is 2. The number of thiophene rings is 1. The van der Waals surface area contributed by atoms with Crippen LogP contribution < -0.4 is 15.2 Å². The average Bonchev–Trinajstić information content (AvgIpc) is 3.10. The molecule has 0 spiro atoms. The summed E-state index contributed by atoms with van der Waals surface area (Å²) in [6.07, 6.45) is 4.36. The normalized spacial score (nSPS) is 13.2. The molecule has 0 fully saturated rings. The highest BCUT2D eigenvalue weighted by Crippen LogP contribution is 2.31. The van der Waals surface area contributed by atoms with Gasteiger partial charge in [0.05, 0.1) is 30.7 Å². The fraction of sp³-hybridized carbons (Fsp3) is 0.500. The van der Waals surface area contributed by atoms with E-state index in [2.05, 4.69) is 0 Å². The summed E-state index contributed by atoms with van der Waals surface area (Å²) in [5.41, 5.74) is 6.49. The lowest BCUT2D eigenvalue weighted by Gasteiger charge is -2.20. The van der Waals surface area contributed by atoms with Crippen LogP contribution in [0.2, 0.25) is 5.02 Å². The van der Waals surface area contributed by atoms with E-state index in [1.165, 1.54) is 11.3 Å². The van der Waals surface area contributed by atoms with E-state index in [-0.39, 0.29) is 12.4 Å². The van der Waals surface area contributed by atoms with Crippen molar-refractivity contribution in [2.75, 3.05) is 20.8 Å². The van der Waals surface area contributed by atoms with Crippen LogP contribution in [0.1, 0.15) is 52.7 Å². The topological polar surface area (TPSA) is 81.8 Å². The Kier molecular flexibility index (Phi) is 8.96. The number of unbranched alkanes of at least 4 members (excludes halogenated alkanes) is 1. The highest BCUT2D eigenvalue weighted by atomic mass is 35.5. The Labute approximate surface area is 181 Å². The third-order valence-electron chi connectivity index (χ3n) is 4.88. The van der Waals surface area contributed by atoms with Gasteiger partial charge in [-0.1, -0.05) is 17.7 Å². The largest absolute Gasteiger partial charge is 0.493 e. The summed E-state index contributed by atoms with van der Waals surface area (Å²) in [6.45, 7) is 1.72. The van der Waals surface area contributed by atoms with Gasteiger partial charge in [-0.3, -0.25) is 4.79 Å². The van der Waals surface area contributed by atoms with Gasteiger partial charge in [0, 0.05) is 16.8 Å². The minimum Gasteiger partial charge on any atom is -0.493 e. The van der Waals surface area contributed by atoms with Crippen LogP contribution in [0.3, 0.4) is 0 Å². The van der Waals surface area contributed by atoms with E-state index in [1.54, 1.807) is 27.2 Å². The summed E-state index contributed by atoms with van der Waals surface area (Å²) in [5.74, 6) is 1.55. The lowest BCUT2D eigenvalue weighted by molar-refractivity contribution is 0.0983. The average molecular weight is 440 g/mol. The number of rotatable bonds is 12. The number of ketones is 1. The minimum absolute atomic E-state index is 0.0815. The zero-order chi connectivity index (χ0) is 21.4. The van der Waals surface area contributed by atoms with Gasteiger partial charge in [-0.05, 0) is 62.8 Å². The molecule has 0 saturated heterocycles. The van der Waals surface area contributed by atoms with Crippen molar-refractivity contribution in [3.05, 3.63) is 44.6 Å². The quantitative estimate of drug-likeness (QED) is 0.371. The third-order valence-corrected chi connectivity index (χ3v) is 6.57. The van der Waals surface area contributed by atoms with Gasteiger partial charge in [0.2, 0.25) is 0 Å². The Bertz CT molecular complexity index is 819. The zero-order valence-corrected chi connectivity index (χ0v) is 18.9. The molecule has 5 nitrogen and oxygen atoms in total. The van der Waals surface area contributed by atoms with Crippen molar-refractivity contribution in [2.45, 2.75) is 51.0 Å². The van der Waals surface area contributed by atoms with Crippen LogP contribution in [0.15, 0.2) is 24.3 Å². The molecule has 0 aliphatic heterocycles. The first-order valence-electron chi connectivity index (χ1n) is 9.71. The number of carbonyl (C=O) groups is 1. The van der Waals surface area contributed by atoms with Gasteiger partial charge in [-0.25, -0.2) is 0 Å². The van der Waals surface area contributed by atoms with Crippen LogP contribution in [0.5, 0.6) is 11.5 Å². The highest BCUT2D eigenvalue weighted by molar-refractivity contribution is 7.14. The molecule has 0 saturated carbocycles. The van der Waals surface area contributed by atoms with E-state index in [1.807, 2.05) is 18.2 Å². The molecule has 1 aromatic carbocycles. The molecule has 0 radical (unpaired) electrons. The Morgan fingerprint density at radius 3 is 2.55 bits per heavy atom. The molecule has 0 aliphatic rings. The van der Waals surface area contributed by atoms with Gasteiger partial charge in [-0.15, -0.1) is 11.3 Å². The number of methoxy groups -OCH3 is 2. The number of ether oxygens (including phenoxy) is 2. The smallest absolute Gasteiger partial charge is 0.172 e. The number of aliphatic hydroxyl groups is 1. The number of hydrogen-bond acceptors (Lipinski definition) is 6. The second kappa shape index (κ2) is 11.0. The van der Waals surface area contributed by atoms with E-state index < -0.39 is 5.54 Å². The van der Waals surface area contributed by atoms with Crippen molar-refractivity contribution in [3.8, 4) is 11.5 Å². The van der Waals surface area contributed by atoms with Gasteiger partial charge < -0.3 is 20.3 Å². The standard InChI is InChI=1S/C22H30ClNO4S/c1-22(24,14-25)11-10-20-16(23)13-21(29-20)17(26)7-5-4-6-15-8-9-18(27-2)19(12-15)28-3/h8-9,12-13,25H,4-7,10-11,14,24H2,1-3H3.